The molecular formula is C14H20N4OS. The van der Waals surface area contributed by atoms with Gasteiger partial charge in [0.05, 0.1) is 17.8 Å². The minimum absolute atomic E-state index is 0.151. The fourth-order valence-corrected chi connectivity index (χ4v) is 2.43. The van der Waals surface area contributed by atoms with Gasteiger partial charge in [-0.2, -0.15) is 4.98 Å². The van der Waals surface area contributed by atoms with Crippen LogP contribution < -0.4 is 10.5 Å². The highest BCUT2D eigenvalue weighted by atomic mass is 32.1. The van der Waals surface area contributed by atoms with Crippen LogP contribution in [0, 0.1) is 6.92 Å². The first-order valence-electron chi connectivity index (χ1n) is 6.53. The van der Waals surface area contributed by atoms with Crippen LogP contribution in [0.4, 0.5) is 5.82 Å². The Hall–Kier alpha value is -1.69. The number of nitrogen functional groups attached to an aromatic ring is 1. The average Bonchev–Trinajstić information content (AvgIpc) is 2.73. The van der Waals surface area contributed by atoms with Crippen molar-refractivity contribution in [2.45, 2.75) is 39.5 Å². The molecule has 0 radical (unpaired) electrons. The molecule has 0 aromatic carbocycles. The van der Waals surface area contributed by atoms with Crippen LogP contribution in [0.5, 0.6) is 5.88 Å². The Kier molecular flexibility index (Phi) is 4.23. The van der Waals surface area contributed by atoms with Crippen LogP contribution in [0.3, 0.4) is 0 Å². The van der Waals surface area contributed by atoms with E-state index in [0.717, 1.165) is 12.1 Å². The van der Waals surface area contributed by atoms with E-state index in [2.05, 4.69) is 15.0 Å². The molecule has 20 heavy (non-hydrogen) atoms. The van der Waals surface area contributed by atoms with Crippen molar-refractivity contribution in [2.24, 2.45) is 0 Å². The second kappa shape index (κ2) is 5.75. The van der Waals surface area contributed by atoms with Gasteiger partial charge < -0.3 is 10.5 Å². The van der Waals surface area contributed by atoms with Crippen molar-refractivity contribution < 1.29 is 4.74 Å². The minimum atomic E-state index is -0.151. The Balaban J connectivity index is 2.03. The fourth-order valence-electron chi connectivity index (χ4n) is 1.67. The summed E-state index contributed by atoms with van der Waals surface area (Å²) in [7, 11) is 0. The van der Waals surface area contributed by atoms with Crippen LogP contribution in [-0.4, -0.2) is 21.6 Å². The van der Waals surface area contributed by atoms with Gasteiger partial charge in [0.1, 0.15) is 11.6 Å². The highest BCUT2D eigenvalue weighted by Gasteiger charge is 2.19. The largest absolute Gasteiger partial charge is 0.477 e. The van der Waals surface area contributed by atoms with Crippen LogP contribution in [-0.2, 0) is 11.8 Å². The molecule has 2 heterocycles. The maximum atomic E-state index is 5.81. The Morgan fingerprint density at radius 1 is 1.30 bits per heavy atom. The van der Waals surface area contributed by atoms with Gasteiger partial charge in [0.25, 0.3) is 0 Å². The zero-order chi connectivity index (χ0) is 14.8. The molecule has 0 aliphatic carbocycles. The van der Waals surface area contributed by atoms with Crippen molar-refractivity contribution in [3.05, 3.63) is 28.0 Å². The van der Waals surface area contributed by atoms with E-state index < -0.39 is 0 Å². The zero-order valence-electron chi connectivity index (χ0n) is 12.3. The molecule has 0 atom stereocenters. The van der Waals surface area contributed by atoms with E-state index >= 15 is 0 Å². The molecular weight excluding hydrogens is 272 g/mol. The number of nitrogens with two attached hydrogens (primary N) is 1. The van der Waals surface area contributed by atoms with E-state index in [9.17, 15) is 0 Å². The van der Waals surface area contributed by atoms with Crippen LogP contribution in [0.1, 0.15) is 37.2 Å². The molecule has 2 aromatic rings. The lowest BCUT2D eigenvalue weighted by molar-refractivity contribution is 0.306. The van der Waals surface area contributed by atoms with Crippen LogP contribution in [0.25, 0.3) is 0 Å². The monoisotopic (exact) mass is 292 g/mol. The third kappa shape index (κ3) is 3.66. The molecule has 5 nitrogen and oxygen atoms in total. The topological polar surface area (TPSA) is 73.9 Å². The maximum absolute atomic E-state index is 5.81. The lowest BCUT2D eigenvalue weighted by Crippen LogP contribution is -2.17. The van der Waals surface area contributed by atoms with Crippen LogP contribution in [0.2, 0.25) is 0 Å². The number of ether oxygens (including phenoxy) is 1. The highest BCUT2D eigenvalue weighted by Crippen LogP contribution is 2.22. The number of nitrogens with zero attached hydrogens (tertiary/aromatic N) is 3. The number of thiazole rings is 1. The van der Waals surface area contributed by atoms with Crippen molar-refractivity contribution in [3.63, 3.8) is 0 Å². The van der Waals surface area contributed by atoms with Crippen molar-refractivity contribution >= 4 is 17.2 Å². The van der Waals surface area contributed by atoms with Gasteiger partial charge in [-0.1, -0.05) is 20.8 Å². The summed E-state index contributed by atoms with van der Waals surface area (Å²) >= 11 is 1.65. The third-order valence-electron chi connectivity index (χ3n) is 2.82. The van der Waals surface area contributed by atoms with Gasteiger partial charge >= 0.3 is 0 Å². The summed E-state index contributed by atoms with van der Waals surface area (Å²) in [6, 6.07) is 1.66. The smallest absolute Gasteiger partial charge is 0.218 e. The molecule has 0 saturated heterocycles. The van der Waals surface area contributed by atoms with Gasteiger partial charge in [0.2, 0.25) is 5.88 Å². The summed E-state index contributed by atoms with van der Waals surface area (Å²) in [5.74, 6) is 1.67. The molecule has 0 saturated carbocycles. The molecule has 6 heteroatoms. The van der Waals surface area contributed by atoms with Crippen LogP contribution >= 0.6 is 11.3 Å². The minimum Gasteiger partial charge on any atom is -0.477 e. The standard InChI is InChI=1S/C14H20N4OS/c1-9-10(20-8-16-9)5-6-19-12-7-11(15)17-13(18-12)14(2,3)4/h7-8H,5-6H2,1-4H3,(H2,15,17,18). The van der Waals surface area contributed by atoms with Gasteiger partial charge in [0.15, 0.2) is 0 Å². The molecule has 0 aliphatic rings. The molecule has 2 rings (SSSR count). The SMILES string of the molecule is Cc1ncsc1CCOc1cc(N)nc(C(C)(C)C)n1. The first kappa shape index (κ1) is 14.7. The summed E-state index contributed by atoms with van der Waals surface area (Å²) in [6.07, 6.45) is 0.825. The van der Waals surface area contributed by atoms with Gasteiger partial charge in [-0.15, -0.1) is 11.3 Å². The fraction of sp³-hybridized carbons (Fsp3) is 0.500. The molecule has 0 spiro atoms. The van der Waals surface area contributed by atoms with Crippen molar-refractivity contribution in [1.29, 1.82) is 0 Å². The summed E-state index contributed by atoms with van der Waals surface area (Å²) in [4.78, 5) is 14.1. The Morgan fingerprint density at radius 2 is 2.05 bits per heavy atom. The Labute approximate surface area is 123 Å². The molecule has 0 fully saturated rings. The molecule has 0 amide bonds. The normalized spacial score (nSPS) is 11.6. The van der Waals surface area contributed by atoms with E-state index in [0.29, 0.717) is 24.1 Å². The lowest BCUT2D eigenvalue weighted by atomic mass is 9.96. The molecule has 0 unspecified atom stereocenters. The molecule has 2 N–H and O–H groups in total. The zero-order valence-corrected chi connectivity index (χ0v) is 13.1. The van der Waals surface area contributed by atoms with Crippen molar-refractivity contribution in [1.82, 2.24) is 15.0 Å². The number of hydrogen-bond acceptors (Lipinski definition) is 6. The Bertz CT molecular complexity index is 589. The predicted octanol–water partition coefficient (Wildman–Crippen LogP) is 2.74. The first-order chi connectivity index (χ1) is 9.36. The summed E-state index contributed by atoms with van der Waals surface area (Å²) < 4.78 is 5.70. The van der Waals surface area contributed by atoms with Crippen molar-refractivity contribution in [3.8, 4) is 5.88 Å². The van der Waals surface area contributed by atoms with Gasteiger partial charge in [-0.05, 0) is 6.92 Å². The van der Waals surface area contributed by atoms with Gasteiger partial charge in [0, 0.05) is 22.8 Å². The second-order valence-electron chi connectivity index (χ2n) is 5.66. The predicted molar refractivity (Wildman–Crippen MR) is 81.2 cm³/mol. The maximum Gasteiger partial charge on any atom is 0.218 e. The highest BCUT2D eigenvalue weighted by molar-refractivity contribution is 7.09. The quantitative estimate of drug-likeness (QED) is 0.938. The molecule has 108 valence electrons. The summed E-state index contributed by atoms with van der Waals surface area (Å²) in [6.45, 7) is 8.71. The first-order valence-corrected chi connectivity index (χ1v) is 7.41. The van der Waals surface area contributed by atoms with Gasteiger partial charge in [-0.3, -0.25) is 0 Å². The molecule has 2 aromatic heterocycles. The van der Waals surface area contributed by atoms with E-state index in [1.165, 1.54) is 4.88 Å². The summed E-state index contributed by atoms with van der Waals surface area (Å²) in [5.41, 5.74) is 8.57. The van der Waals surface area contributed by atoms with Crippen LogP contribution in [0.15, 0.2) is 11.6 Å². The van der Waals surface area contributed by atoms with Crippen molar-refractivity contribution in [2.75, 3.05) is 12.3 Å². The van der Waals surface area contributed by atoms with Gasteiger partial charge in [-0.25, -0.2) is 9.97 Å². The number of rotatable bonds is 4. The average molecular weight is 292 g/mol. The van der Waals surface area contributed by atoms with E-state index in [4.69, 9.17) is 10.5 Å². The van der Waals surface area contributed by atoms with E-state index in [-0.39, 0.29) is 5.41 Å². The third-order valence-corrected chi connectivity index (χ3v) is 3.81. The second-order valence-corrected chi connectivity index (χ2v) is 6.60. The molecule has 0 bridgehead atoms. The number of aromatic nitrogens is 3. The number of hydrogen-bond donors (Lipinski definition) is 1. The molecule has 0 aliphatic heterocycles. The van der Waals surface area contributed by atoms with E-state index in [1.54, 1.807) is 17.4 Å². The lowest BCUT2D eigenvalue weighted by Gasteiger charge is -2.17. The van der Waals surface area contributed by atoms with E-state index in [1.807, 2.05) is 33.2 Å². The number of aryl methyl sites for hydroxylation is 1. The summed E-state index contributed by atoms with van der Waals surface area (Å²) in [5, 5.41) is 0. The number of anilines is 1. The Morgan fingerprint density at radius 3 is 2.65 bits per heavy atom.